The molecule has 2 aromatic rings. The molecule has 2 aliphatic rings. The Labute approximate surface area is 141 Å². The minimum Gasteiger partial charge on any atom is -0.490 e. The third-order valence-corrected chi connectivity index (χ3v) is 4.73. The monoisotopic (exact) mass is 327 g/mol. The van der Waals surface area contributed by atoms with Gasteiger partial charge in [-0.25, -0.2) is 0 Å². The van der Waals surface area contributed by atoms with Crippen LogP contribution in [0.4, 0.5) is 0 Å². The number of likely N-dealkylation sites (tertiary alicyclic amines) is 1. The van der Waals surface area contributed by atoms with E-state index < -0.39 is 0 Å². The number of aryl methyl sites for hydroxylation is 1. The molecule has 1 unspecified atom stereocenters. The highest BCUT2D eigenvalue weighted by Gasteiger charge is 2.33. The summed E-state index contributed by atoms with van der Waals surface area (Å²) in [7, 11) is 0. The van der Waals surface area contributed by atoms with E-state index in [1.54, 1.807) is 6.26 Å². The van der Waals surface area contributed by atoms with Gasteiger partial charge in [-0.3, -0.25) is 4.79 Å². The maximum Gasteiger partial charge on any atom is 0.290 e. The zero-order chi connectivity index (χ0) is 16.5. The van der Waals surface area contributed by atoms with Gasteiger partial charge in [0, 0.05) is 18.5 Å². The Morgan fingerprint density at radius 1 is 1.12 bits per heavy atom. The van der Waals surface area contributed by atoms with Gasteiger partial charge in [-0.2, -0.15) is 0 Å². The molecule has 5 heteroatoms. The number of fused-ring (bicyclic) bond motifs is 1. The lowest BCUT2D eigenvalue weighted by Gasteiger charge is -2.25. The lowest BCUT2D eigenvalue weighted by Crippen LogP contribution is -2.30. The van der Waals surface area contributed by atoms with E-state index in [1.165, 1.54) is 0 Å². The summed E-state index contributed by atoms with van der Waals surface area (Å²) >= 11 is 0. The molecular formula is C19H21NO4. The standard InChI is InChI=1S/C19H21NO4/c1-13-7-11-24-18(13)19(21)20-8-2-4-15(20)14-5-6-16-17(12-14)23-10-3-9-22-16/h5-7,11-12,15H,2-4,8-10H2,1H3. The summed E-state index contributed by atoms with van der Waals surface area (Å²) in [4.78, 5) is 14.7. The summed E-state index contributed by atoms with van der Waals surface area (Å²) in [6.07, 6.45) is 4.40. The summed E-state index contributed by atoms with van der Waals surface area (Å²) in [6, 6.07) is 7.89. The average molecular weight is 327 g/mol. The van der Waals surface area contributed by atoms with Crippen LogP contribution in [0.15, 0.2) is 34.9 Å². The molecule has 0 aliphatic carbocycles. The number of furan rings is 1. The molecule has 24 heavy (non-hydrogen) atoms. The van der Waals surface area contributed by atoms with Crippen molar-refractivity contribution in [2.45, 2.75) is 32.2 Å². The highest BCUT2D eigenvalue weighted by molar-refractivity contribution is 5.93. The van der Waals surface area contributed by atoms with Gasteiger partial charge < -0.3 is 18.8 Å². The number of hydrogen-bond donors (Lipinski definition) is 0. The van der Waals surface area contributed by atoms with Gasteiger partial charge in [-0.15, -0.1) is 0 Å². The molecule has 1 atom stereocenters. The molecule has 1 aromatic carbocycles. The molecule has 5 nitrogen and oxygen atoms in total. The van der Waals surface area contributed by atoms with Crippen molar-refractivity contribution in [3.05, 3.63) is 47.4 Å². The Bertz CT molecular complexity index is 752. The first-order chi connectivity index (χ1) is 11.7. The fraction of sp³-hybridized carbons (Fsp3) is 0.421. The van der Waals surface area contributed by atoms with Crippen molar-refractivity contribution in [2.75, 3.05) is 19.8 Å². The minimum atomic E-state index is -0.0351. The van der Waals surface area contributed by atoms with Crippen LogP contribution in [0.1, 0.15) is 47.0 Å². The van der Waals surface area contributed by atoms with Crippen LogP contribution in [-0.4, -0.2) is 30.6 Å². The van der Waals surface area contributed by atoms with Crippen molar-refractivity contribution in [2.24, 2.45) is 0 Å². The fourth-order valence-corrected chi connectivity index (χ4v) is 3.47. The topological polar surface area (TPSA) is 51.9 Å². The van der Waals surface area contributed by atoms with Crippen molar-refractivity contribution >= 4 is 5.91 Å². The predicted octanol–water partition coefficient (Wildman–Crippen LogP) is 3.73. The van der Waals surface area contributed by atoms with E-state index in [2.05, 4.69) is 0 Å². The molecule has 1 fully saturated rings. The third kappa shape index (κ3) is 2.64. The van der Waals surface area contributed by atoms with Crippen LogP contribution in [0.3, 0.4) is 0 Å². The van der Waals surface area contributed by atoms with Crippen molar-refractivity contribution in [3.8, 4) is 11.5 Å². The van der Waals surface area contributed by atoms with Gasteiger partial charge in [-0.1, -0.05) is 6.07 Å². The molecule has 0 saturated carbocycles. The van der Waals surface area contributed by atoms with Gasteiger partial charge >= 0.3 is 0 Å². The second kappa shape index (κ2) is 6.23. The molecule has 0 radical (unpaired) electrons. The molecule has 1 aromatic heterocycles. The highest BCUT2D eigenvalue weighted by Crippen LogP contribution is 2.38. The van der Waals surface area contributed by atoms with E-state index in [0.717, 1.165) is 48.4 Å². The Kier molecular flexibility index (Phi) is 3.92. The highest BCUT2D eigenvalue weighted by atomic mass is 16.5. The smallest absolute Gasteiger partial charge is 0.290 e. The van der Waals surface area contributed by atoms with Gasteiger partial charge in [0.1, 0.15) is 0 Å². The van der Waals surface area contributed by atoms with Gasteiger partial charge in [0.05, 0.1) is 25.5 Å². The molecule has 1 amide bonds. The summed E-state index contributed by atoms with van der Waals surface area (Å²) in [5.74, 6) is 1.97. The molecule has 0 N–H and O–H groups in total. The molecular weight excluding hydrogens is 306 g/mol. The number of hydrogen-bond acceptors (Lipinski definition) is 4. The summed E-state index contributed by atoms with van der Waals surface area (Å²) in [5.41, 5.74) is 1.97. The van der Waals surface area contributed by atoms with Crippen molar-refractivity contribution in [3.63, 3.8) is 0 Å². The van der Waals surface area contributed by atoms with Gasteiger partial charge in [0.25, 0.3) is 5.91 Å². The second-order valence-electron chi connectivity index (χ2n) is 6.35. The normalized spacial score (nSPS) is 20.0. The number of carbonyl (C=O) groups excluding carboxylic acids is 1. The Balaban J connectivity index is 1.62. The number of ether oxygens (including phenoxy) is 2. The number of carbonyl (C=O) groups is 1. The quantitative estimate of drug-likeness (QED) is 0.843. The molecule has 3 heterocycles. The maximum atomic E-state index is 12.8. The average Bonchev–Trinajstić information content (AvgIpc) is 3.18. The lowest BCUT2D eigenvalue weighted by molar-refractivity contribution is 0.0702. The van der Waals surface area contributed by atoms with Crippen LogP contribution >= 0.6 is 0 Å². The first-order valence-corrected chi connectivity index (χ1v) is 8.48. The van der Waals surface area contributed by atoms with E-state index in [-0.39, 0.29) is 11.9 Å². The molecule has 4 rings (SSSR count). The van der Waals surface area contributed by atoms with Crippen LogP contribution in [0, 0.1) is 6.92 Å². The van der Waals surface area contributed by atoms with Crippen LogP contribution in [0.25, 0.3) is 0 Å². The third-order valence-electron chi connectivity index (χ3n) is 4.73. The number of benzene rings is 1. The molecule has 0 spiro atoms. The largest absolute Gasteiger partial charge is 0.490 e. The van der Waals surface area contributed by atoms with E-state index in [0.29, 0.717) is 19.0 Å². The Morgan fingerprint density at radius 2 is 1.96 bits per heavy atom. The minimum absolute atomic E-state index is 0.0351. The summed E-state index contributed by atoms with van der Waals surface area (Å²) in [6.45, 7) is 3.99. The second-order valence-corrected chi connectivity index (χ2v) is 6.35. The Morgan fingerprint density at radius 3 is 2.75 bits per heavy atom. The van der Waals surface area contributed by atoms with E-state index in [4.69, 9.17) is 13.9 Å². The first-order valence-electron chi connectivity index (χ1n) is 8.48. The number of nitrogens with zero attached hydrogens (tertiary/aromatic N) is 1. The van der Waals surface area contributed by atoms with Gasteiger partial charge in [0.2, 0.25) is 0 Å². The number of amides is 1. The van der Waals surface area contributed by atoms with Crippen LogP contribution in [0.5, 0.6) is 11.5 Å². The SMILES string of the molecule is Cc1ccoc1C(=O)N1CCCC1c1ccc2c(c1)OCCCO2. The molecule has 2 aliphatic heterocycles. The van der Waals surface area contributed by atoms with Crippen LogP contribution in [0.2, 0.25) is 0 Å². The predicted molar refractivity (Wildman–Crippen MR) is 88.5 cm³/mol. The summed E-state index contributed by atoms with van der Waals surface area (Å²) < 4.78 is 16.9. The summed E-state index contributed by atoms with van der Waals surface area (Å²) in [5, 5.41) is 0. The fourth-order valence-electron chi connectivity index (χ4n) is 3.47. The van der Waals surface area contributed by atoms with Crippen molar-refractivity contribution in [1.29, 1.82) is 0 Å². The molecule has 1 saturated heterocycles. The zero-order valence-corrected chi connectivity index (χ0v) is 13.8. The van der Waals surface area contributed by atoms with E-state index in [1.807, 2.05) is 36.1 Å². The van der Waals surface area contributed by atoms with Gasteiger partial charge in [-0.05, 0) is 43.5 Å². The first kappa shape index (κ1) is 15.1. The van der Waals surface area contributed by atoms with E-state index in [9.17, 15) is 4.79 Å². The lowest BCUT2D eigenvalue weighted by atomic mass is 10.0. The van der Waals surface area contributed by atoms with Crippen molar-refractivity contribution < 1.29 is 18.7 Å². The van der Waals surface area contributed by atoms with Gasteiger partial charge in [0.15, 0.2) is 17.3 Å². The molecule has 0 bridgehead atoms. The van der Waals surface area contributed by atoms with E-state index >= 15 is 0 Å². The maximum absolute atomic E-state index is 12.8. The molecule has 126 valence electrons. The number of rotatable bonds is 2. The zero-order valence-electron chi connectivity index (χ0n) is 13.8. The van der Waals surface area contributed by atoms with Crippen molar-refractivity contribution in [1.82, 2.24) is 4.90 Å². The van der Waals surface area contributed by atoms with Crippen LogP contribution < -0.4 is 9.47 Å². The Hall–Kier alpha value is -2.43. The van der Waals surface area contributed by atoms with Crippen LogP contribution in [-0.2, 0) is 0 Å².